The van der Waals surface area contributed by atoms with Gasteiger partial charge in [-0.25, -0.2) is 4.98 Å². The largest absolute Gasteiger partial charge is 0.357 e. The minimum Gasteiger partial charge on any atom is -0.357 e. The van der Waals surface area contributed by atoms with E-state index in [1.54, 1.807) is 11.3 Å². The fourth-order valence-electron chi connectivity index (χ4n) is 5.02. The number of H-pyrrole nitrogens is 2. The maximum atomic E-state index is 4.65. The van der Waals surface area contributed by atoms with E-state index in [1.807, 2.05) is 24.7 Å². The van der Waals surface area contributed by atoms with E-state index >= 15 is 0 Å². The number of fused-ring (bicyclic) bond motifs is 1. The molecule has 0 aromatic carbocycles. The highest BCUT2D eigenvalue weighted by molar-refractivity contribution is 7.11. The molecule has 0 radical (unpaired) electrons. The molecule has 1 saturated heterocycles. The topological polar surface area (TPSA) is 73.5 Å². The molecular formula is C29H28N6S. The Morgan fingerprint density at radius 2 is 2.00 bits per heavy atom. The van der Waals surface area contributed by atoms with Gasteiger partial charge in [0.1, 0.15) is 0 Å². The molecule has 0 spiro atoms. The van der Waals surface area contributed by atoms with Gasteiger partial charge in [-0.05, 0) is 68.1 Å². The van der Waals surface area contributed by atoms with Crippen LogP contribution in [0.15, 0.2) is 73.0 Å². The molecule has 0 atom stereocenters. The summed E-state index contributed by atoms with van der Waals surface area (Å²) in [7, 11) is 0. The molecule has 5 aromatic rings. The summed E-state index contributed by atoms with van der Waals surface area (Å²) in [4.78, 5) is 16.4. The van der Waals surface area contributed by atoms with Gasteiger partial charge in [-0.2, -0.15) is 5.10 Å². The zero-order valence-corrected chi connectivity index (χ0v) is 21.1. The molecule has 0 saturated carbocycles. The Kier molecular flexibility index (Phi) is 6.09. The Balaban J connectivity index is 1.36. The molecule has 180 valence electrons. The summed E-state index contributed by atoms with van der Waals surface area (Å²) >= 11 is 1.73. The van der Waals surface area contributed by atoms with E-state index in [0.717, 1.165) is 51.3 Å². The van der Waals surface area contributed by atoms with E-state index in [0.29, 0.717) is 5.65 Å². The third-order valence-corrected chi connectivity index (χ3v) is 7.69. The highest BCUT2D eigenvalue weighted by atomic mass is 32.1. The number of hydrogen-bond donors (Lipinski definition) is 2. The third-order valence-electron chi connectivity index (χ3n) is 6.79. The molecule has 36 heavy (non-hydrogen) atoms. The van der Waals surface area contributed by atoms with Gasteiger partial charge < -0.3 is 4.98 Å². The number of hydrogen-bond acceptors (Lipinski definition) is 5. The summed E-state index contributed by atoms with van der Waals surface area (Å²) in [5.74, 6) is 0. The first kappa shape index (κ1) is 22.6. The van der Waals surface area contributed by atoms with Crippen LogP contribution in [-0.2, 0) is 6.54 Å². The molecule has 1 aliphatic heterocycles. The van der Waals surface area contributed by atoms with Crippen molar-refractivity contribution < 1.29 is 0 Å². The average molecular weight is 493 g/mol. The Labute approximate surface area is 214 Å². The van der Waals surface area contributed by atoms with E-state index < -0.39 is 0 Å². The van der Waals surface area contributed by atoms with Gasteiger partial charge in [0.2, 0.25) is 0 Å². The molecular weight excluding hydrogens is 464 g/mol. The number of aromatic amines is 2. The van der Waals surface area contributed by atoms with Crippen LogP contribution in [-0.4, -0.2) is 43.1 Å². The van der Waals surface area contributed by atoms with Gasteiger partial charge in [0, 0.05) is 63.4 Å². The molecule has 1 fully saturated rings. The standard InChI is InChI=1S/C29H28N6S/c1-3-7-23(27-8-6-11-36-27)24-14-26(32-19(24)2)28-25-13-22(17-31-29(25)34-33-28)21-12-20(15-30-16-21)18-35-9-4-5-10-35/h3,6-8,11-17,32H,1,4-5,9-10,18H2,2H3,(H,31,33,34)/b23-7+. The zero-order valence-electron chi connectivity index (χ0n) is 20.3. The second-order valence-electron chi connectivity index (χ2n) is 9.27. The number of aryl methyl sites for hydroxylation is 1. The van der Waals surface area contributed by atoms with Crippen LogP contribution in [0, 0.1) is 6.92 Å². The van der Waals surface area contributed by atoms with Crippen molar-refractivity contribution in [3.05, 3.63) is 94.7 Å². The van der Waals surface area contributed by atoms with Crippen molar-refractivity contribution in [1.82, 2.24) is 30.0 Å². The maximum absolute atomic E-state index is 4.65. The van der Waals surface area contributed by atoms with Crippen LogP contribution >= 0.6 is 11.3 Å². The second kappa shape index (κ2) is 9.68. The van der Waals surface area contributed by atoms with E-state index in [2.05, 4.69) is 85.3 Å². The summed E-state index contributed by atoms with van der Waals surface area (Å²) < 4.78 is 0. The normalized spacial score (nSPS) is 14.6. The van der Waals surface area contributed by atoms with Gasteiger partial charge >= 0.3 is 0 Å². The lowest BCUT2D eigenvalue weighted by molar-refractivity contribution is 0.331. The number of rotatable bonds is 7. The predicted octanol–water partition coefficient (Wildman–Crippen LogP) is 6.60. The Morgan fingerprint density at radius 1 is 1.14 bits per heavy atom. The lowest BCUT2D eigenvalue weighted by atomic mass is 10.0. The number of nitrogens with one attached hydrogen (secondary N) is 2. The summed E-state index contributed by atoms with van der Waals surface area (Å²) in [6, 6.07) is 10.8. The van der Waals surface area contributed by atoms with Gasteiger partial charge in [-0.15, -0.1) is 11.3 Å². The van der Waals surface area contributed by atoms with Crippen LogP contribution < -0.4 is 0 Å². The fourth-order valence-corrected chi connectivity index (χ4v) is 5.79. The molecule has 0 amide bonds. The lowest BCUT2D eigenvalue weighted by Gasteiger charge is -2.14. The van der Waals surface area contributed by atoms with Gasteiger partial charge in [0.25, 0.3) is 0 Å². The monoisotopic (exact) mass is 492 g/mol. The van der Waals surface area contributed by atoms with Crippen molar-refractivity contribution in [3.8, 4) is 22.5 Å². The van der Waals surface area contributed by atoms with E-state index in [4.69, 9.17) is 0 Å². The van der Waals surface area contributed by atoms with Crippen molar-refractivity contribution in [2.45, 2.75) is 26.3 Å². The molecule has 2 N–H and O–H groups in total. The van der Waals surface area contributed by atoms with E-state index in [9.17, 15) is 0 Å². The number of allylic oxidation sites excluding steroid dienone is 2. The highest BCUT2D eigenvalue weighted by Gasteiger charge is 2.17. The van der Waals surface area contributed by atoms with Crippen molar-refractivity contribution in [2.24, 2.45) is 0 Å². The number of nitrogens with zero attached hydrogens (tertiary/aromatic N) is 4. The zero-order chi connectivity index (χ0) is 24.5. The van der Waals surface area contributed by atoms with E-state index in [-0.39, 0.29) is 0 Å². The highest BCUT2D eigenvalue weighted by Crippen LogP contribution is 2.35. The SMILES string of the molecule is C=C/C=C(/c1cccs1)c1cc(-c2[nH]nc3ncc(-c4cncc(CN5CCCC5)c4)cc23)[nH]c1C. The summed E-state index contributed by atoms with van der Waals surface area (Å²) in [5.41, 5.74) is 9.36. The van der Waals surface area contributed by atoms with Crippen molar-refractivity contribution in [2.75, 3.05) is 13.1 Å². The summed E-state index contributed by atoms with van der Waals surface area (Å²) in [6.07, 6.45) is 12.3. The van der Waals surface area contributed by atoms with Gasteiger partial charge in [-0.1, -0.05) is 24.8 Å². The smallest absolute Gasteiger partial charge is 0.181 e. The maximum Gasteiger partial charge on any atom is 0.181 e. The van der Waals surface area contributed by atoms with Crippen LogP contribution in [0.4, 0.5) is 0 Å². The average Bonchev–Trinajstić information content (AvgIpc) is 3.70. The minimum absolute atomic E-state index is 0.698. The van der Waals surface area contributed by atoms with Crippen molar-refractivity contribution in [3.63, 3.8) is 0 Å². The minimum atomic E-state index is 0.698. The van der Waals surface area contributed by atoms with Gasteiger partial charge in [0.15, 0.2) is 5.65 Å². The molecule has 5 aromatic heterocycles. The van der Waals surface area contributed by atoms with Crippen LogP contribution in [0.2, 0.25) is 0 Å². The summed E-state index contributed by atoms with van der Waals surface area (Å²) in [6.45, 7) is 9.31. The number of pyridine rings is 2. The van der Waals surface area contributed by atoms with Gasteiger partial charge in [0.05, 0.1) is 11.4 Å². The van der Waals surface area contributed by atoms with Gasteiger partial charge in [-0.3, -0.25) is 15.0 Å². The Bertz CT molecular complexity index is 1550. The fraction of sp³-hybridized carbons (Fsp3) is 0.207. The predicted molar refractivity (Wildman–Crippen MR) is 148 cm³/mol. The molecule has 7 heteroatoms. The Hall–Kier alpha value is -3.81. The first-order chi connectivity index (χ1) is 17.7. The molecule has 6 heterocycles. The van der Waals surface area contributed by atoms with Crippen molar-refractivity contribution >= 4 is 27.9 Å². The Morgan fingerprint density at radius 3 is 2.81 bits per heavy atom. The van der Waals surface area contributed by atoms with Crippen LogP contribution in [0.1, 0.15) is 34.5 Å². The van der Waals surface area contributed by atoms with Crippen molar-refractivity contribution in [1.29, 1.82) is 0 Å². The van der Waals surface area contributed by atoms with E-state index in [1.165, 1.54) is 36.4 Å². The summed E-state index contributed by atoms with van der Waals surface area (Å²) in [5, 5.41) is 10.8. The first-order valence-corrected chi connectivity index (χ1v) is 13.2. The van der Waals surface area contributed by atoms with Crippen LogP contribution in [0.25, 0.3) is 39.1 Å². The molecule has 6 nitrogen and oxygen atoms in total. The molecule has 0 unspecified atom stereocenters. The quantitative estimate of drug-likeness (QED) is 0.251. The molecule has 0 aliphatic carbocycles. The number of aromatic nitrogens is 5. The van der Waals surface area contributed by atoms with Crippen LogP contribution in [0.3, 0.4) is 0 Å². The number of thiophene rings is 1. The molecule has 6 rings (SSSR count). The first-order valence-electron chi connectivity index (χ1n) is 12.3. The molecule has 0 bridgehead atoms. The second-order valence-corrected chi connectivity index (χ2v) is 10.2. The van der Waals surface area contributed by atoms with Crippen LogP contribution in [0.5, 0.6) is 0 Å². The lowest BCUT2D eigenvalue weighted by Crippen LogP contribution is -2.18. The number of likely N-dealkylation sites (tertiary alicyclic amines) is 1. The third kappa shape index (κ3) is 4.32. The molecule has 1 aliphatic rings.